The maximum atomic E-state index is 12.8. The van der Waals surface area contributed by atoms with Crippen LogP contribution >= 0.6 is 0 Å². The molecular weight excluding hydrogens is 321 g/mol. The van der Waals surface area contributed by atoms with E-state index in [0.29, 0.717) is 13.1 Å². The predicted molar refractivity (Wildman–Crippen MR) is 85.1 cm³/mol. The van der Waals surface area contributed by atoms with E-state index in [2.05, 4.69) is 11.8 Å². The second-order valence-electron chi connectivity index (χ2n) is 5.69. The molecule has 1 unspecified atom stereocenters. The molecule has 7 heteroatoms. The molecule has 1 saturated heterocycles. The number of amides is 1. The fraction of sp³-hybridized carbons (Fsp3) is 0.471. The third kappa shape index (κ3) is 3.94. The monoisotopic (exact) mass is 340 g/mol. The summed E-state index contributed by atoms with van der Waals surface area (Å²) in [7, 11) is 0. The van der Waals surface area contributed by atoms with E-state index < -0.39 is 18.2 Å². The fourth-order valence-corrected chi connectivity index (χ4v) is 2.70. The topological polar surface area (TPSA) is 43.8 Å². The minimum atomic E-state index is -4.27. The van der Waals surface area contributed by atoms with Crippen LogP contribution in [0.5, 0.6) is 0 Å². The van der Waals surface area contributed by atoms with Crippen molar-refractivity contribution in [2.45, 2.75) is 32.0 Å². The van der Waals surface area contributed by atoms with Crippen LogP contribution < -0.4 is 4.90 Å². The van der Waals surface area contributed by atoms with E-state index in [1.165, 1.54) is 17.0 Å². The van der Waals surface area contributed by atoms with Crippen LogP contribution in [0.2, 0.25) is 0 Å². The zero-order valence-electron chi connectivity index (χ0n) is 13.5. The fourth-order valence-electron chi connectivity index (χ4n) is 2.70. The van der Waals surface area contributed by atoms with Crippen molar-refractivity contribution >= 4 is 11.8 Å². The molecule has 1 amide bonds. The maximum Gasteiger partial charge on any atom is 0.407 e. The SMILES string of the molecule is CC#C[C@H]1CN(C(=O)O)CCN1c1ccc(C(C)C(F)(F)F)cc1. The van der Waals surface area contributed by atoms with Crippen molar-refractivity contribution in [1.29, 1.82) is 0 Å². The number of carboxylic acid groups (broad SMARTS) is 1. The van der Waals surface area contributed by atoms with Crippen LogP contribution in [-0.4, -0.2) is 48.0 Å². The van der Waals surface area contributed by atoms with Gasteiger partial charge in [-0.3, -0.25) is 0 Å². The number of nitrogens with zero attached hydrogens (tertiary/aromatic N) is 2. The summed E-state index contributed by atoms with van der Waals surface area (Å²) in [6.07, 6.45) is -5.27. The molecule has 2 rings (SSSR count). The third-order valence-electron chi connectivity index (χ3n) is 4.18. The molecule has 1 heterocycles. The first kappa shape index (κ1) is 18.0. The Bertz CT molecular complexity index is 647. The van der Waals surface area contributed by atoms with Gasteiger partial charge in [-0.25, -0.2) is 4.79 Å². The highest BCUT2D eigenvalue weighted by molar-refractivity contribution is 5.66. The van der Waals surface area contributed by atoms with Gasteiger partial charge in [-0.2, -0.15) is 13.2 Å². The van der Waals surface area contributed by atoms with Gasteiger partial charge in [0.2, 0.25) is 0 Å². The number of hydrogen-bond acceptors (Lipinski definition) is 2. The van der Waals surface area contributed by atoms with Gasteiger partial charge in [0.15, 0.2) is 0 Å². The zero-order valence-corrected chi connectivity index (χ0v) is 13.5. The average Bonchev–Trinajstić information content (AvgIpc) is 2.53. The predicted octanol–water partition coefficient (Wildman–Crippen LogP) is 3.54. The van der Waals surface area contributed by atoms with Crippen molar-refractivity contribution in [3.05, 3.63) is 29.8 Å². The third-order valence-corrected chi connectivity index (χ3v) is 4.18. The van der Waals surface area contributed by atoms with Crippen molar-refractivity contribution in [1.82, 2.24) is 4.90 Å². The molecule has 0 aliphatic carbocycles. The Morgan fingerprint density at radius 3 is 2.42 bits per heavy atom. The molecule has 0 spiro atoms. The van der Waals surface area contributed by atoms with E-state index in [1.54, 1.807) is 19.1 Å². The molecule has 2 atom stereocenters. The van der Waals surface area contributed by atoms with Crippen LogP contribution in [0.25, 0.3) is 0 Å². The zero-order chi connectivity index (χ0) is 17.9. The number of carbonyl (C=O) groups is 1. The number of hydrogen-bond donors (Lipinski definition) is 1. The second kappa shape index (κ2) is 7.04. The molecule has 1 aromatic carbocycles. The van der Waals surface area contributed by atoms with Gasteiger partial charge in [0.05, 0.1) is 12.5 Å². The smallest absolute Gasteiger partial charge is 0.407 e. The Hall–Kier alpha value is -2.36. The van der Waals surface area contributed by atoms with Gasteiger partial charge in [0, 0.05) is 18.8 Å². The summed E-state index contributed by atoms with van der Waals surface area (Å²) >= 11 is 0. The Balaban J connectivity index is 2.20. The number of alkyl halides is 3. The number of piperazine rings is 1. The van der Waals surface area contributed by atoms with Crippen molar-refractivity contribution in [2.75, 3.05) is 24.5 Å². The molecule has 0 bridgehead atoms. The lowest BCUT2D eigenvalue weighted by Crippen LogP contribution is -2.54. The summed E-state index contributed by atoms with van der Waals surface area (Å²) in [5, 5.41) is 9.11. The lowest BCUT2D eigenvalue weighted by Gasteiger charge is -2.39. The molecule has 1 N–H and O–H groups in total. The summed E-state index contributed by atoms with van der Waals surface area (Å²) in [6, 6.07) is 5.89. The van der Waals surface area contributed by atoms with Crippen LogP contribution in [0.4, 0.5) is 23.7 Å². The molecule has 0 saturated carbocycles. The van der Waals surface area contributed by atoms with Gasteiger partial charge in [-0.1, -0.05) is 18.1 Å². The molecule has 0 radical (unpaired) electrons. The molecule has 1 aromatic rings. The molecule has 0 aromatic heterocycles. The Kier molecular flexibility index (Phi) is 5.27. The van der Waals surface area contributed by atoms with E-state index in [4.69, 9.17) is 5.11 Å². The lowest BCUT2D eigenvalue weighted by atomic mass is 10.00. The Morgan fingerprint density at radius 1 is 1.29 bits per heavy atom. The van der Waals surface area contributed by atoms with Gasteiger partial charge in [-0.15, -0.1) is 5.92 Å². The first-order valence-electron chi connectivity index (χ1n) is 7.57. The van der Waals surface area contributed by atoms with E-state index in [0.717, 1.165) is 12.6 Å². The van der Waals surface area contributed by atoms with Gasteiger partial charge >= 0.3 is 12.3 Å². The van der Waals surface area contributed by atoms with Crippen molar-refractivity contribution in [3.63, 3.8) is 0 Å². The molecule has 24 heavy (non-hydrogen) atoms. The molecule has 1 fully saturated rings. The Morgan fingerprint density at radius 2 is 1.92 bits per heavy atom. The van der Waals surface area contributed by atoms with E-state index in [9.17, 15) is 18.0 Å². The molecule has 1 aliphatic rings. The maximum absolute atomic E-state index is 12.8. The first-order valence-corrected chi connectivity index (χ1v) is 7.57. The summed E-state index contributed by atoms with van der Waals surface area (Å²) in [5.74, 6) is 4.23. The molecule has 4 nitrogen and oxygen atoms in total. The standard InChI is InChI=1S/C17H19F3N2O2/c1-3-4-15-11-21(16(23)24)9-10-22(15)14-7-5-13(6-8-14)12(2)17(18,19)20/h5-8,12,15H,9-11H2,1-2H3,(H,23,24)/t12?,15-/m0/s1. The Labute approximate surface area is 138 Å². The summed E-state index contributed by atoms with van der Waals surface area (Å²) < 4.78 is 38.3. The van der Waals surface area contributed by atoms with Crippen LogP contribution in [0.15, 0.2) is 24.3 Å². The molecular formula is C17H19F3N2O2. The number of halogens is 3. The highest BCUT2D eigenvalue weighted by Gasteiger charge is 2.37. The first-order chi connectivity index (χ1) is 11.2. The highest BCUT2D eigenvalue weighted by Crippen LogP contribution is 2.35. The normalized spacial score (nSPS) is 19.5. The van der Waals surface area contributed by atoms with Crippen LogP contribution in [-0.2, 0) is 0 Å². The van der Waals surface area contributed by atoms with Crippen molar-refractivity contribution in [2.24, 2.45) is 0 Å². The number of rotatable bonds is 2. The summed E-state index contributed by atoms with van der Waals surface area (Å²) in [6.45, 7) is 3.83. The largest absolute Gasteiger partial charge is 0.465 e. The molecule has 1 aliphatic heterocycles. The number of benzene rings is 1. The van der Waals surface area contributed by atoms with Crippen LogP contribution in [0.3, 0.4) is 0 Å². The average molecular weight is 340 g/mol. The van der Waals surface area contributed by atoms with Gasteiger partial charge in [0.25, 0.3) is 0 Å². The summed E-state index contributed by atoms with van der Waals surface area (Å²) in [5.41, 5.74) is 0.944. The quantitative estimate of drug-likeness (QED) is 0.838. The van der Waals surface area contributed by atoms with Gasteiger partial charge in [-0.05, 0) is 31.5 Å². The minimum absolute atomic E-state index is 0.202. The van der Waals surface area contributed by atoms with Crippen LogP contribution in [0, 0.1) is 11.8 Å². The highest BCUT2D eigenvalue weighted by atomic mass is 19.4. The summed E-state index contributed by atoms with van der Waals surface area (Å²) in [4.78, 5) is 14.3. The molecule has 130 valence electrons. The van der Waals surface area contributed by atoms with Crippen molar-refractivity contribution in [3.8, 4) is 11.8 Å². The van der Waals surface area contributed by atoms with E-state index in [1.807, 2.05) is 4.90 Å². The van der Waals surface area contributed by atoms with Crippen molar-refractivity contribution < 1.29 is 23.1 Å². The minimum Gasteiger partial charge on any atom is -0.465 e. The van der Waals surface area contributed by atoms with Crippen LogP contribution in [0.1, 0.15) is 25.3 Å². The second-order valence-corrected chi connectivity index (χ2v) is 5.69. The van der Waals surface area contributed by atoms with Gasteiger partial charge < -0.3 is 14.9 Å². The van der Waals surface area contributed by atoms with E-state index >= 15 is 0 Å². The lowest BCUT2D eigenvalue weighted by molar-refractivity contribution is -0.146. The van der Waals surface area contributed by atoms with E-state index in [-0.39, 0.29) is 18.2 Å². The number of anilines is 1. The van der Waals surface area contributed by atoms with Gasteiger partial charge in [0.1, 0.15) is 6.04 Å².